The Balaban J connectivity index is 2.51. The third kappa shape index (κ3) is 3.46. The molecule has 0 aliphatic heterocycles. The van der Waals surface area contributed by atoms with Crippen LogP contribution < -0.4 is 5.69 Å². The first-order valence-corrected chi connectivity index (χ1v) is 7.35. The second kappa shape index (κ2) is 7.10. The molecule has 24 heavy (non-hydrogen) atoms. The number of esters is 1. The number of nitrogens with zero attached hydrogens (tertiary/aromatic N) is 4. The van der Waals surface area contributed by atoms with Gasteiger partial charge in [-0.05, 0) is 19.9 Å². The van der Waals surface area contributed by atoms with Gasteiger partial charge in [-0.1, -0.05) is 11.6 Å². The molecule has 0 saturated carbocycles. The van der Waals surface area contributed by atoms with Crippen molar-refractivity contribution < 1.29 is 18.7 Å². The molecule has 2 aromatic rings. The molecule has 0 atom stereocenters. The molecular formula is C14H16ClFN4O4. The van der Waals surface area contributed by atoms with E-state index in [2.05, 4.69) is 10.1 Å². The number of aromatic nitrogens is 4. The SMILES string of the molecule is COCc1nn(-c2nc(Cl)c(C(=O)OC(C)C)cc2F)c(=O)n1C. The van der Waals surface area contributed by atoms with E-state index < -0.39 is 29.4 Å². The maximum Gasteiger partial charge on any atom is 0.352 e. The highest BCUT2D eigenvalue weighted by molar-refractivity contribution is 6.32. The third-order valence-corrected chi connectivity index (χ3v) is 3.31. The fourth-order valence-corrected chi connectivity index (χ4v) is 2.11. The fourth-order valence-electron chi connectivity index (χ4n) is 1.90. The van der Waals surface area contributed by atoms with Crippen LogP contribution in [0.15, 0.2) is 10.9 Å². The van der Waals surface area contributed by atoms with Gasteiger partial charge in [-0.25, -0.2) is 19.0 Å². The Morgan fingerprint density at radius 3 is 2.71 bits per heavy atom. The molecule has 2 heterocycles. The van der Waals surface area contributed by atoms with Crippen molar-refractivity contribution in [1.82, 2.24) is 19.3 Å². The van der Waals surface area contributed by atoms with Crippen LogP contribution >= 0.6 is 11.6 Å². The number of methoxy groups -OCH3 is 1. The molecule has 0 unspecified atom stereocenters. The van der Waals surface area contributed by atoms with Gasteiger partial charge in [0, 0.05) is 14.2 Å². The Morgan fingerprint density at radius 2 is 2.12 bits per heavy atom. The molecule has 0 aliphatic rings. The van der Waals surface area contributed by atoms with Crippen molar-refractivity contribution in [3.05, 3.63) is 38.9 Å². The number of hydrogen-bond donors (Lipinski definition) is 0. The Hall–Kier alpha value is -2.26. The zero-order chi connectivity index (χ0) is 18.0. The second-order valence-electron chi connectivity index (χ2n) is 5.19. The van der Waals surface area contributed by atoms with Crippen molar-refractivity contribution in [3.8, 4) is 5.82 Å². The number of carbonyl (C=O) groups excluding carboxylic acids is 1. The summed E-state index contributed by atoms with van der Waals surface area (Å²) in [7, 11) is 2.91. The molecule has 0 N–H and O–H groups in total. The topological polar surface area (TPSA) is 88.2 Å². The van der Waals surface area contributed by atoms with Gasteiger partial charge in [0.15, 0.2) is 17.5 Å². The number of halogens is 2. The lowest BCUT2D eigenvalue weighted by Crippen LogP contribution is -2.24. The number of pyridine rings is 1. The maximum atomic E-state index is 14.4. The van der Waals surface area contributed by atoms with Crippen LogP contribution in [-0.4, -0.2) is 38.5 Å². The van der Waals surface area contributed by atoms with Gasteiger partial charge < -0.3 is 9.47 Å². The van der Waals surface area contributed by atoms with Gasteiger partial charge in [0.05, 0.1) is 6.10 Å². The third-order valence-electron chi connectivity index (χ3n) is 3.02. The van der Waals surface area contributed by atoms with Crippen molar-refractivity contribution in [2.45, 2.75) is 26.6 Å². The van der Waals surface area contributed by atoms with Crippen molar-refractivity contribution in [1.29, 1.82) is 0 Å². The van der Waals surface area contributed by atoms with Crippen molar-refractivity contribution in [2.24, 2.45) is 7.05 Å². The van der Waals surface area contributed by atoms with Crippen LogP contribution in [0.4, 0.5) is 4.39 Å². The summed E-state index contributed by atoms with van der Waals surface area (Å²) in [6, 6.07) is 0.868. The van der Waals surface area contributed by atoms with Crippen LogP contribution in [0.2, 0.25) is 5.15 Å². The molecule has 0 amide bonds. The van der Waals surface area contributed by atoms with Gasteiger partial charge in [-0.3, -0.25) is 4.57 Å². The molecule has 0 fully saturated rings. The van der Waals surface area contributed by atoms with E-state index in [1.165, 1.54) is 18.7 Å². The zero-order valence-corrected chi connectivity index (χ0v) is 14.3. The number of carbonyl (C=O) groups is 1. The largest absolute Gasteiger partial charge is 0.459 e. The monoisotopic (exact) mass is 358 g/mol. The Morgan fingerprint density at radius 1 is 1.46 bits per heavy atom. The second-order valence-corrected chi connectivity index (χ2v) is 5.55. The predicted molar refractivity (Wildman–Crippen MR) is 82.8 cm³/mol. The molecule has 8 nitrogen and oxygen atoms in total. The van der Waals surface area contributed by atoms with Gasteiger partial charge in [0.2, 0.25) is 0 Å². The maximum absolute atomic E-state index is 14.4. The lowest BCUT2D eigenvalue weighted by Gasteiger charge is -2.10. The van der Waals surface area contributed by atoms with E-state index in [0.29, 0.717) is 0 Å². The molecule has 10 heteroatoms. The van der Waals surface area contributed by atoms with Gasteiger partial charge in [0.25, 0.3) is 0 Å². The van der Waals surface area contributed by atoms with Crippen molar-refractivity contribution >= 4 is 17.6 Å². The molecule has 0 aliphatic carbocycles. The summed E-state index contributed by atoms with van der Waals surface area (Å²) in [5.74, 6) is -1.87. The predicted octanol–water partition coefficient (Wildman–Crippen LogP) is 1.47. The molecular weight excluding hydrogens is 343 g/mol. The van der Waals surface area contributed by atoms with E-state index in [4.69, 9.17) is 21.1 Å². The van der Waals surface area contributed by atoms with Crippen LogP contribution in [0.3, 0.4) is 0 Å². The minimum absolute atomic E-state index is 0.0624. The first-order chi connectivity index (χ1) is 11.3. The van der Waals surface area contributed by atoms with Crippen molar-refractivity contribution in [3.63, 3.8) is 0 Å². The highest BCUT2D eigenvalue weighted by Gasteiger charge is 2.22. The quantitative estimate of drug-likeness (QED) is 0.594. The summed E-state index contributed by atoms with van der Waals surface area (Å²) in [6.45, 7) is 3.36. The Bertz CT molecular complexity index is 831. The molecule has 0 bridgehead atoms. The number of ether oxygens (including phenoxy) is 2. The van der Waals surface area contributed by atoms with E-state index in [1.54, 1.807) is 13.8 Å². The molecule has 0 saturated heterocycles. The lowest BCUT2D eigenvalue weighted by molar-refractivity contribution is 0.0377. The fraction of sp³-hybridized carbons (Fsp3) is 0.429. The molecule has 2 rings (SSSR count). The summed E-state index contributed by atoms with van der Waals surface area (Å²) in [5, 5.41) is 3.67. The Labute approximate surface area is 141 Å². The smallest absolute Gasteiger partial charge is 0.352 e. The lowest BCUT2D eigenvalue weighted by atomic mass is 10.2. The van der Waals surface area contributed by atoms with E-state index in [1.807, 2.05) is 0 Å². The highest BCUT2D eigenvalue weighted by atomic mass is 35.5. The van der Waals surface area contributed by atoms with Crippen LogP contribution in [0, 0.1) is 5.82 Å². The molecule has 130 valence electrons. The zero-order valence-electron chi connectivity index (χ0n) is 13.5. The van der Waals surface area contributed by atoms with Gasteiger partial charge >= 0.3 is 11.7 Å². The summed E-state index contributed by atoms with van der Waals surface area (Å²) >= 11 is 5.94. The van der Waals surface area contributed by atoms with Crippen LogP contribution in [-0.2, 0) is 23.1 Å². The van der Waals surface area contributed by atoms with E-state index >= 15 is 0 Å². The van der Waals surface area contributed by atoms with Crippen molar-refractivity contribution in [2.75, 3.05) is 7.11 Å². The van der Waals surface area contributed by atoms with E-state index in [9.17, 15) is 14.0 Å². The number of hydrogen-bond acceptors (Lipinski definition) is 6. The van der Waals surface area contributed by atoms with E-state index in [-0.39, 0.29) is 23.1 Å². The summed E-state index contributed by atoms with van der Waals surface area (Å²) in [6.07, 6.45) is -0.397. The van der Waals surface area contributed by atoms with Gasteiger partial charge in [-0.2, -0.15) is 4.68 Å². The van der Waals surface area contributed by atoms with Gasteiger partial charge in [0.1, 0.15) is 17.3 Å². The first-order valence-electron chi connectivity index (χ1n) is 6.97. The summed E-state index contributed by atoms with van der Waals surface area (Å²) < 4.78 is 26.2. The average Bonchev–Trinajstić information content (AvgIpc) is 2.77. The molecule has 0 aromatic carbocycles. The average molecular weight is 359 g/mol. The minimum Gasteiger partial charge on any atom is -0.459 e. The highest BCUT2D eigenvalue weighted by Crippen LogP contribution is 2.20. The molecule has 0 spiro atoms. The number of rotatable bonds is 5. The standard InChI is InChI=1S/C14H16ClFN4O4/c1-7(2)24-13(21)8-5-9(16)12(17-11(8)15)20-14(22)19(3)10(18-20)6-23-4/h5,7H,6H2,1-4H3. The van der Waals surface area contributed by atoms with Gasteiger partial charge in [-0.15, -0.1) is 5.10 Å². The van der Waals surface area contributed by atoms with Crippen LogP contribution in [0.5, 0.6) is 0 Å². The summed E-state index contributed by atoms with van der Waals surface area (Å²) in [4.78, 5) is 27.8. The molecule has 2 aromatic heterocycles. The van der Waals surface area contributed by atoms with Crippen LogP contribution in [0.25, 0.3) is 5.82 Å². The Kier molecular flexibility index (Phi) is 5.35. The minimum atomic E-state index is -0.931. The first kappa shape index (κ1) is 18.1. The van der Waals surface area contributed by atoms with E-state index in [0.717, 1.165) is 10.7 Å². The summed E-state index contributed by atoms with van der Waals surface area (Å²) in [5.41, 5.74) is -0.852. The van der Waals surface area contributed by atoms with Crippen LogP contribution in [0.1, 0.15) is 30.0 Å². The normalized spacial score (nSPS) is 11.1. The molecule has 0 radical (unpaired) electrons.